The number of piperidine rings is 1. The fraction of sp³-hybridized carbons (Fsp3) is 0.455. The third-order valence-electron chi connectivity index (χ3n) is 6.53. The maximum absolute atomic E-state index is 12.6. The number of hydrogen-bond donors (Lipinski definition) is 1. The molecule has 9 nitrogen and oxygen atoms in total. The molecule has 1 aliphatic heterocycles. The van der Waals surface area contributed by atoms with Gasteiger partial charge < -0.3 is 15.4 Å². The third kappa shape index (κ3) is 3.43. The summed E-state index contributed by atoms with van der Waals surface area (Å²) in [5.74, 6) is 0.982. The minimum Gasteiger partial charge on any atom is -0.494 e. The van der Waals surface area contributed by atoms with Crippen LogP contribution in [0.2, 0.25) is 0 Å². The number of nitriles is 1. The van der Waals surface area contributed by atoms with Crippen LogP contribution in [0.3, 0.4) is 0 Å². The highest BCUT2D eigenvalue weighted by Crippen LogP contribution is 2.32. The van der Waals surface area contributed by atoms with Gasteiger partial charge in [-0.15, -0.1) is 0 Å². The highest BCUT2D eigenvalue weighted by molar-refractivity contribution is 5.80. The van der Waals surface area contributed by atoms with E-state index in [4.69, 9.17) is 10.5 Å². The Balaban J connectivity index is 1.31. The van der Waals surface area contributed by atoms with Crippen molar-refractivity contribution in [3.8, 4) is 22.9 Å². The van der Waals surface area contributed by atoms with Crippen molar-refractivity contribution < 1.29 is 9.53 Å². The third-order valence-corrected chi connectivity index (χ3v) is 6.53. The first-order valence-electron chi connectivity index (χ1n) is 10.6. The molecule has 0 unspecified atom stereocenters. The summed E-state index contributed by atoms with van der Waals surface area (Å²) in [5, 5.41) is 18.2. The van der Waals surface area contributed by atoms with Gasteiger partial charge in [0.2, 0.25) is 5.91 Å². The molecule has 3 aromatic heterocycles. The zero-order valence-electron chi connectivity index (χ0n) is 17.4. The summed E-state index contributed by atoms with van der Waals surface area (Å²) in [6.07, 6.45) is 10.7. The van der Waals surface area contributed by atoms with Crippen LogP contribution in [0.1, 0.15) is 37.3 Å². The molecule has 5 rings (SSSR count). The number of rotatable bonds is 4. The molecular weight excluding hydrogens is 394 g/mol. The van der Waals surface area contributed by atoms with E-state index in [1.807, 2.05) is 34.2 Å². The number of carbonyl (C=O) groups is 1. The summed E-state index contributed by atoms with van der Waals surface area (Å²) in [7, 11) is 1.59. The zero-order valence-corrected chi connectivity index (χ0v) is 17.4. The number of hydrogen-bond acceptors (Lipinski definition) is 6. The van der Waals surface area contributed by atoms with Crippen LogP contribution in [0.15, 0.2) is 30.9 Å². The van der Waals surface area contributed by atoms with Crippen LogP contribution in [0.25, 0.3) is 16.6 Å². The van der Waals surface area contributed by atoms with Gasteiger partial charge in [0, 0.05) is 48.6 Å². The van der Waals surface area contributed by atoms with Gasteiger partial charge in [0.05, 0.1) is 25.5 Å². The van der Waals surface area contributed by atoms with E-state index in [2.05, 4.69) is 16.3 Å². The number of pyridine rings is 1. The van der Waals surface area contributed by atoms with Crippen molar-refractivity contribution in [2.75, 3.05) is 20.2 Å². The number of amides is 1. The summed E-state index contributed by atoms with van der Waals surface area (Å²) < 4.78 is 9.17. The summed E-state index contributed by atoms with van der Waals surface area (Å²) >= 11 is 0. The molecular formula is C22H25N7O2. The van der Waals surface area contributed by atoms with E-state index in [9.17, 15) is 10.1 Å². The van der Waals surface area contributed by atoms with E-state index in [0.717, 1.165) is 49.9 Å². The van der Waals surface area contributed by atoms with Crippen LogP contribution >= 0.6 is 0 Å². The first kappa shape index (κ1) is 19.6. The number of fused-ring (bicyclic) bond motifs is 1. The van der Waals surface area contributed by atoms with Crippen molar-refractivity contribution in [3.05, 3.63) is 36.4 Å². The lowest BCUT2D eigenvalue weighted by atomic mass is 9.79. The predicted molar refractivity (Wildman–Crippen MR) is 113 cm³/mol. The van der Waals surface area contributed by atoms with E-state index in [1.54, 1.807) is 11.6 Å². The molecule has 1 saturated heterocycles. The van der Waals surface area contributed by atoms with Crippen molar-refractivity contribution in [2.24, 2.45) is 11.7 Å². The second-order valence-corrected chi connectivity index (χ2v) is 8.45. The number of carbonyl (C=O) groups excluding carboxylic acids is 1. The van der Waals surface area contributed by atoms with Crippen molar-refractivity contribution in [1.29, 1.82) is 5.26 Å². The summed E-state index contributed by atoms with van der Waals surface area (Å²) in [4.78, 5) is 14.5. The summed E-state index contributed by atoms with van der Waals surface area (Å²) in [5.41, 5.74) is 8.83. The molecule has 0 bridgehead atoms. The maximum Gasteiger partial charge on any atom is 0.225 e. The van der Waals surface area contributed by atoms with Crippen LogP contribution in [-0.4, -0.2) is 56.4 Å². The lowest BCUT2D eigenvalue weighted by Crippen LogP contribution is -2.49. The smallest absolute Gasteiger partial charge is 0.225 e. The Kier molecular flexibility index (Phi) is 4.87. The van der Waals surface area contributed by atoms with Gasteiger partial charge in [0.15, 0.2) is 0 Å². The van der Waals surface area contributed by atoms with Gasteiger partial charge in [0.25, 0.3) is 0 Å². The van der Waals surface area contributed by atoms with E-state index >= 15 is 0 Å². The van der Waals surface area contributed by atoms with Gasteiger partial charge in [-0.05, 0) is 31.7 Å². The predicted octanol–water partition coefficient (Wildman–Crippen LogP) is 1.98. The van der Waals surface area contributed by atoms with Crippen molar-refractivity contribution in [2.45, 2.75) is 37.8 Å². The molecule has 2 N–H and O–H groups in total. The standard InChI is InChI=1S/C22H25N7O2/c1-31-20-8-15(12-29-21(20)16(9-23)10-26-29)17-11-25-28(13-17)19-2-4-27(5-3-19)22(30)14-6-18(24)7-14/h8,10-14,18-19H,2-7,24H2,1H3. The van der Waals surface area contributed by atoms with E-state index < -0.39 is 0 Å². The highest BCUT2D eigenvalue weighted by Gasteiger charge is 2.36. The fourth-order valence-electron chi connectivity index (χ4n) is 4.64. The number of nitrogens with two attached hydrogens (primary N) is 1. The van der Waals surface area contributed by atoms with Crippen molar-refractivity contribution >= 4 is 11.4 Å². The Morgan fingerprint density at radius 1 is 1.19 bits per heavy atom. The first-order chi connectivity index (χ1) is 15.1. The quantitative estimate of drug-likeness (QED) is 0.692. The van der Waals surface area contributed by atoms with E-state index in [1.165, 1.54) is 6.20 Å². The topological polar surface area (TPSA) is 114 Å². The molecule has 0 radical (unpaired) electrons. The van der Waals surface area contributed by atoms with Crippen LogP contribution < -0.4 is 10.5 Å². The monoisotopic (exact) mass is 419 g/mol. The van der Waals surface area contributed by atoms with Crippen LogP contribution in [0.4, 0.5) is 0 Å². The Morgan fingerprint density at radius 3 is 2.65 bits per heavy atom. The van der Waals surface area contributed by atoms with Gasteiger partial charge in [-0.3, -0.25) is 9.48 Å². The molecule has 9 heteroatoms. The molecule has 1 saturated carbocycles. The largest absolute Gasteiger partial charge is 0.494 e. The van der Waals surface area contributed by atoms with E-state index in [-0.39, 0.29) is 23.9 Å². The second kappa shape index (κ2) is 7.71. The molecule has 1 aliphatic carbocycles. The first-order valence-corrected chi connectivity index (χ1v) is 10.6. The number of ether oxygens (including phenoxy) is 1. The summed E-state index contributed by atoms with van der Waals surface area (Å²) in [6.45, 7) is 1.52. The average Bonchev–Trinajstić information content (AvgIpc) is 3.43. The minimum atomic E-state index is 0.122. The SMILES string of the molecule is COc1cc(-c2cnn(C3CCN(C(=O)C4CC(N)C4)CC3)c2)cn2ncc(C#N)c12. The lowest BCUT2D eigenvalue weighted by Gasteiger charge is -2.38. The molecule has 0 spiro atoms. The van der Waals surface area contributed by atoms with Gasteiger partial charge in [-0.1, -0.05) is 0 Å². The Labute approximate surface area is 180 Å². The Hall–Kier alpha value is -3.38. The molecule has 31 heavy (non-hydrogen) atoms. The summed E-state index contributed by atoms with van der Waals surface area (Å²) in [6, 6.07) is 4.51. The van der Waals surface area contributed by atoms with Crippen molar-refractivity contribution in [1.82, 2.24) is 24.3 Å². The minimum absolute atomic E-state index is 0.122. The normalized spacial score (nSPS) is 21.6. The molecule has 0 aromatic carbocycles. The molecule has 3 aromatic rings. The van der Waals surface area contributed by atoms with Crippen LogP contribution in [0.5, 0.6) is 5.75 Å². The zero-order chi connectivity index (χ0) is 21.5. The van der Waals surface area contributed by atoms with Crippen molar-refractivity contribution in [3.63, 3.8) is 0 Å². The maximum atomic E-state index is 12.6. The highest BCUT2D eigenvalue weighted by atomic mass is 16.5. The van der Waals surface area contributed by atoms with Gasteiger partial charge in [0.1, 0.15) is 22.9 Å². The number of methoxy groups -OCH3 is 1. The molecule has 1 amide bonds. The number of nitrogens with zero attached hydrogens (tertiary/aromatic N) is 6. The fourth-order valence-corrected chi connectivity index (χ4v) is 4.64. The Morgan fingerprint density at radius 2 is 1.97 bits per heavy atom. The van der Waals surface area contributed by atoms with E-state index in [0.29, 0.717) is 16.8 Å². The molecule has 0 atom stereocenters. The molecule has 160 valence electrons. The molecule has 4 heterocycles. The molecule has 2 aliphatic rings. The van der Waals surface area contributed by atoms with Crippen LogP contribution in [-0.2, 0) is 4.79 Å². The van der Waals surface area contributed by atoms with Gasteiger partial charge in [-0.2, -0.15) is 15.5 Å². The number of likely N-dealkylation sites (tertiary alicyclic amines) is 1. The lowest BCUT2D eigenvalue weighted by molar-refractivity contribution is -0.140. The second-order valence-electron chi connectivity index (χ2n) is 8.45. The van der Waals surface area contributed by atoms with Gasteiger partial charge in [-0.25, -0.2) is 4.52 Å². The molecule has 2 fully saturated rings. The Bertz CT molecular complexity index is 1160. The average molecular weight is 419 g/mol. The van der Waals surface area contributed by atoms with Gasteiger partial charge >= 0.3 is 0 Å². The number of aromatic nitrogens is 4. The van der Waals surface area contributed by atoms with Crippen LogP contribution in [0, 0.1) is 17.2 Å².